The molecule has 0 spiro atoms. The van der Waals surface area contributed by atoms with Crippen molar-refractivity contribution in [3.05, 3.63) is 83.4 Å². The smallest absolute Gasteiger partial charge is 0.263 e. The minimum Gasteiger partial charge on any atom is -0.496 e. The van der Waals surface area contributed by atoms with Gasteiger partial charge in [-0.3, -0.25) is 4.79 Å². The highest BCUT2D eigenvalue weighted by Gasteiger charge is 2.28. The van der Waals surface area contributed by atoms with Crippen LogP contribution in [0.15, 0.2) is 71.6 Å². The summed E-state index contributed by atoms with van der Waals surface area (Å²) in [7, 11) is -0.604. The van der Waals surface area contributed by atoms with Crippen molar-refractivity contribution in [2.75, 3.05) is 26.1 Å². The van der Waals surface area contributed by atoms with E-state index in [1.165, 1.54) is 18.5 Å². The van der Waals surface area contributed by atoms with E-state index in [1.807, 2.05) is 18.2 Å². The third kappa shape index (κ3) is 4.19. The molecule has 0 atom stereocenters. The zero-order valence-electron chi connectivity index (χ0n) is 17.9. The molecule has 0 aromatic heterocycles. The standard InChI is InChI=1S/C24H24N2O5S/c1-30-21-9-6-10-22(31-2)23(21)24(27)25-19-12-11-17-13-14-26(16-18(17)15-19)32(28,29)20-7-4-3-5-8-20/h3-12,15H,13-14,16H2,1-2H3,(H,25,27). The van der Waals surface area contributed by atoms with E-state index in [1.54, 1.807) is 48.5 Å². The summed E-state index contributed by atoms with van der Waals surface area (Å²) in [5.41, 5.74) is 2.79. The number of ether oxygens (including phenoxy) is 2. The van der Waals surface area contributed by atoms with Gasteiger partial charge in [0.2, 0.25) is 10.0 Å². The van der Waals surface area contributed by atoms with Gasteiger partial charge in [0, 0.05) is 18.8 Å². The Balaban J connectivity index is 1.58. The number of hydrogen-bond acceptors (Lipinski definition) is 5. The monoisotopic (exact) mass is 452 g/mol. The molecule has 7 nitrogen and oxygen atoms in total. The molecule has 3 aromatic rings. The van der Waals surface area contributed by atoms with Gasteiger partial charge >= 0.3 is 0 Å². The number of amides is 1. The summed E-state index contributed by atoms with van der Waals surface area (Å²) in [6, 6.07) is 19.1. The van der Waals surface area contributed by atoms with Gasteiger partial charge in [-0.15, -0.1) is 0 Å². The number of sulfonamides is 1. The molecule has 1 N–H and O–H groups in total. The number of anilines is 1. The molecule has 0 saturated heterocycles. The molecule has 1 amide bonds. The summed E-state index contributed by atoms with van der Waals surface area (Å²) < 4.78 is 38.1. The van der Waals surface area contributed by atoms with Gasteiger partial charge < -0.3 is 14.8 Å². The van der Waals surface area contributed by atoms with Gasteiger partial charge in [0.25, 0.3) is 5.91 Å². The van der Waals surface area contributed by atoms with Crippen molar-refractivity contribution in [1.29, 1.82) is 0 Å². The van der Waals surface area contributed by atoms with Crippen molar-refractivity contribution in [3.8, 4) is 11.5 Å². The van der Waals surface area contributed by atoms with Crippen molar-refractivity contribution >= 4 is 21.6 Å². The van der Waals surface area contributed by atoms with Crippen LogP contribution in [-0.2, 0) is 23.0 Å². The Morgan fingerprint density at radius 1 is 0.906 bits per heavy atom. The van der Waals surface area contributed by atoms with Crippen LogP contribution in [0.25, 0.3) is 0 Å². The Bertz CT molecular complexity index is 1220. The quantitative estimate of drug-likeness (QED) is 0.616. The maximum absolute atomic E-state index is 13.0. The second-order valence-corrected chi connectivity index (χ2v) is 9.31. The Morgan fingerprint density at radius 2 is 1.59 bits per heavy atom. The molecule has 0 fully saturated rings. The Morgan fingerprint density at radius 3 is 2.25 bits per heavy atom. The van der Waals surface area contributed by atoms with E-state index in [4.69, 9.17) is 9.47 Å². The lowest BCUT2D eigenvalue weighted by Gasteiger charge is -2.28. The van der Waals surface area contributed by atoms with Crippen LogP contribution >= 0.6 is 0 Å². The first-order valence-electron chi connectivity index (χ1n) is 10.1. The summed E-state index contributed by atoms with van der Waals surface area (Å²) in [6.45, 7) is 0.655. The summed E-state index contributed by atoms with van der Waals surface area (Å²) in [5.74, 6) is 0.434. The SMILES string of the molecule is COc1cccc(OC)c1C(=O)Nc1ccc2c(c1)CN(S(=O)(=O)c1ccccc1)CC2. The van der Waals surface area contributed by atoms with Gasteiger partial charge in [0.15, 0.2) is 0 Å². The molecule has 1 heterocycles. The summed E-state index contributed by atoms with van der Waals surface area (Å²) in [4.78, 5) is 13.2. The molecule has 3 aromatic carbocycles. The van der Waals surface area contributed by atoms with Gasteiger partial charge in [0.05, 0.1) is 19.1 Å². The van der Waals surface area contributed by atoms with Crippen molar-refractivity contribution in [1.82, 2.24) is 4.31 Å². The highest BCUT2D eigenvalue weighted by atomic mass is 32.2. The Kier molecular flexibility index (Phi) is 6.16. The predicted molar refractivity (Wildman–Crippen MR) is 122 cm³/mol. The van der Waals surface area contributed by atoms with E-state index in [9.17, 15) is 13.2 Å². The zero-order valence-corrected chi connectivity index (χ0v) is 18.7. The molecule has 4 rings (SSSR count). The van der Waals surface area contributed by atoms with Gasteiger partial charge in [-0.25, -0.2) is 8.42 Å². The fourth-order valence-electron chi connectivity index (χ4n) is 3.82. The molecule has 0 saturated carbocycles. The molecule has 1 aliphatic heterocycles. The zero-order chi connectivity index (χ0) is 22.7. The number of carbonyl (C=O) groups excluding carboxylic acids is 1. The first kappa shape index (κ1) is 21.9. The van der Waals surface area contributed by atoms with Crippen LogP contribution in [-0.4, -0.2) is 39.4 Å². The number of methoxy groups -OCH3 is 2. The van der Waals surface area contributed by atoms with Gasteiger partial charge in [-0.2, -0.15) is 4.31 Å². The van der Waals surface area contributed by atoms with Crippen LogP contribution in [0.5, 0.6) is 11.5 Å². The number of benzene rings is 3. The molecule has 0 aliphatic carbocycles. The molecule has 32 heavy (non-hydrogen) atoms. The lowest BCUT2D eigenvalue weighted by molar-refractivity contribution is 0.102. The minimum atomic E-state index is -3.59. The fourth-order valence-corrected chi connectivity index (χ4v) is 5.26. The average molecular weight is 453 g/mol. The predicted octanol–water partition coefficient (Wildman–Crippen LogP) is 3.70. The molecule has 166 valence electrons. The van der Waals surface area contributed by atoms with Crippen LogP contribution in [0.2, 0.25) is 0 Å². The fraction of sp³-hybridized carbons (Fsp3) is 0.208. The topological polar surface area (TPSA) is 84.9 Å². The van der Waals surface area contributed by atoms with Gasteiger partial charge in [0.1, 0.15) is 17.1 Å². The average Bonchev–Trinajstić information content (AvgIpc) is 2.83. The first-order chi connectivity index (χ1) is 15.4. The normalized spacial score (nSPS) is 13.8. The van der Waals surface area contributed by atoms with Crippen molar-refractivity contribution < 1.29 is 22.7 Å². The maximum Gasteiger partial charge on any atom is 0.263 e. The third-order valence-corrected chi connectivity index (χ3v) is 7.34. The van der Waals surface area contributed by atoms with Crippen LogP contribution < -0.4 is 14.8 Å². The van der Waals surface area contributed by atoms with Crippen LogP contribution in [0.4, 0.5) is 5.69 Å². The lowest BCUT2D eigenvalue weighted by Crippen LogP contribution is -2.36. The van der Waals surface area contributed by atoms with Crippen molar-refractivity contribution in [2.45, 2.75) is 17.9 Å². The van der Waals surface area contributed by atoms with E-state index in [-0.39, 0.29) is 17.3 Å². The highest BCUT2D eigenvalue weighted by molar-refractivity contribution is 7.89. The first-order valence-corrected chi connectivity index (χ1v) is 11.6. The number of fused-ring (bicyclic) bond motifs is 1. The number of carbonyl (C=O) groups is 1. The van der Waals surface area contributed by atoms with E-state index < -0.39 is 10.0 Å². The van der Waals surface area contributed by atoms with Gasteiger partial charge in [-0.05, 0) is 53.9 Å². The minimum absolute atomic E-state index is 0.244. The lowest BCUT2D eigenvalue weighted by atomic mass is 10.0. The summed E-state index contributed by atoms with van der Waals surface area (Å²) >= 11 is 0. The summed E-state index contributed by atoms with van der Waals surface area (Å²) in [6.07, 6.45) is 0.607. The molecular formula is C24H24N2O5S. The van der Waals surface area contributed by atoms with Crippen LogP contribution in [0.1, 0.15) is 21.5 Å². The third-order valence-electron chi connectivity index (χ3n) is 5.48. The molecule has 8 heteroatoms. The highest BCUT2D eigenvalue weighted by Crippen LogP contribution is 2.30. The van der Waals surface area contributed by atoms with Crippen LogP contribution in [0, 0.1) is 0 Å². The maximum atomic E-state index is 13.0. The molecule has 0 radical (unpaired) electrons. The second kappa shape index (κ2) is 9.02. The number of hydrogen-bond donors (Lipinski definition) is 1. The van der Waals surface area contributed by atoms with E-state index >= 15 is 0 Å². The van der Waals surface area contributed by atoms with Crippen molar-refractivity contribution in [2.24, 2.45) is 0 Å². The van der Waals surface area contributed by atoms with Crippen LogP contribution in [0.3, 0.4) is 0 Å². The Labute approximate surface area is 187 Å². The molecule has 1 aliphatic rings. The number of nitrogens with one attached hydrogen (secondary N) is 1. The largest absolute Gasteiger partial charge is 0.496 e. The van der Waals surface area contributed by atoms with E-state index in [2.05, 4.69) is 5.32 Å². The molecular weight excluding hydrogens is 428 g/mol. The van der Waals surface area contributed by atoms with E-state index in [0.717, 1.165) is 11.1 Å². The number of rotatable bonds is 6. The molecule has 0 bridgehead atoms. The second-order valence-electron chi connectivity index (χ2n) is 7.38. The van der Waals surface area contributed by atoms with Crippen molar-refractivity contribution in [3.63, 3.8) is 0 Å². The summed E-state index contributed by atoms with van der Waals surface area (Å²) in [5, 5.41) is 2.88. The molecule has 0 unspecified atom stereocenters. The Hall–Kier alpha value is -3.36. The number of nitrogens with zero attached hydrogens (tertiary/aromatic N) is 1. The van der Waals surface area contributed by atoms with Gasteiger partial charge in [-0.1, -0.05) is 30.3 Å². The van der Waals surface area contributed by atoms with E-state index in [0.29, 0.717) is 35.7 Å².